The third-order valence-electron chi connectivity index (χ3n) is 4.72. The summed E-state index contributed by atoms with van der Waals surface area (Å²) in [5, 5.41) is 8.28. The van der Waals surface area contributed by atoms with Crippen LogP contribution in [-0.4, -0.2) is 32.9 Å². The van der Waals surface area contributed by atoms with Crippen LogP contribution in [-0.2, 0) is 11.3 Å². The molecular weight excluding hydrogens is 385 g/mol. The molecule has 0 saturated heterocycles. The summed E-state index contributed by atoms with van der Waals surface area (Å²) in [5.41, 5.74) is 3.30. The van der Waals surface area contributed by atoms with Crippen molar-refractivity contribution < 1.29 is 18.7 Å². The minimum atomic E-state index is -0.982. The van der Waals surface area contributed by atoms with Crippen molar-refractivity contribution in [1.29, 1.82) is 0 Å². The molecule has 4 aromatic rings. The van der Waals surface area contributed by atoms with Crippen LogP contribution < -0.4 is 0 Å². The third-order valence-corrected chi connectivity index (χ3v) is 4.72. The Morgan fingerprint density at radius 2 is 1.63 bits per heavy atom. The fraction of sp³-hybridized carbons (Fsp3) is 0.130. The highest BCUT2D eigenvalue weighted by atomic mass is 19.1. The van der Waals surface area contributed by atoms with Crippen LogP contribution in [0.2, 0.25) is 0 Å². The fourth-order valence-corrected chi connectivity index (χ4v) is 3.08. The number of esters is 1. The molecule has 3 aromatic carbocycles. The van der Waals surface area contributed by atoms with Gasteiger partial charge < -0.3 is 4.74 Å². The Kier molecular flexibility index (Phi) is 5.34. The van der Waals surface area contributed by atoms with Gasteiger partial charge in [0.1, 0.15) is 11.3 Å². The molecule has 1 atom stereocenters. The lowest BCUT2D eigenvalue weighted by Gasteiger charge is -2.12. The monoisotopic (exact) mass is 403 g/mol. The lowest BCUT2D eigenvalue weighted by Crippen LogP contribution is -2.24. The van der Waals surface area contributed by atoms with Crippen molar-refractivity contribution in [3.63, 3.8) is 0 Å². The third kappa shape index (κ3) is 4.10. The molecule has 30 heavy (non-hydrogen) atoms. The Balaban J connectivity index is 1.41. The van der Waals surface area contributed by atoms with Crippen LogP contribution in [0.15, 0.2) is 72.8 Å². The zero-order chi connectivity index (χ0) is 21.1. The van der Waals surface area contributed by atoms with Gasteiger partial charge in [-0.2, -0.15) is 0 Å². The van der Waals surface area contributed by atoms with Gasteiger partial charge in [-0.05, 0) is 61.0 Å². The Morgan fingerprint density at radius 3 is 2.37 bits per heavy atom. The highest BCUT2D eigenvalue weighted by Crippen LogP contribution is 2.14. The maximum atomic E-state index is 13.0. The van der Waals surface area contributed by atoms with E-state index in [-0.39, 0.29) is 5.56 Å². The topological polar surface area (TPSA) is 74.1 Å². The van der Waals surface area contributed by atoms with Gasteiger partial charge in [0.15, 0.2) is 6.10 Å². The first-order valence-corrected chi connectivity index (χ1v) is 9.39. The average molecular weight is 403 g/mol. The predicted octanol–water partition coefficient (Wildman–Crippen LogP) is 4.05. The van der Waals surface area contributed by atoms with Crippen LogP contribution in [0.1, 0.15) is 33.2 Å². The number of nitrogens with zero attached hydrogens (tertiary/aromatic N) is 3. The standard InChI is InChI=1S/C23H18FN3O3/c1-15(22(28)17-10-12-19(24)13-11-17)30-23(29)18-8-6-16(7-9-18)14-27-21-5-3-2-4-20(21)25-26-27/h2-13,15H,14H2,1H3/t15-/m0/s1. The molecule has 0 unspecified atom stereocenters. The Hall–Kier alpha value is -3.87. The van der Waals surface area contributed by atoms with Crippen molar-refractivity contribution in [2.45, 2.75) is 19.6 Å². The molecule has 0 amide bonds. The van der Waals surface area contributed by atoms with Crippen molar-refractivity contribution in [3.8, 4) is 0 Å². The van der Waals surface area contributed by atoms with Crippen molar-refractivity contribution in [1.82, 2.24) is 15.0 Å². The molecule has 0 radical (unpaired) electrons. The Morgan fingerprint density at radius 1 is 0.967 bits per heavy atom. The molecule has 0 N–H and O–H groups in total. The second-order valence-corrected chi connectivity index (χ2v) is 6.85. The van der Waals surface area contributed by atoms with Crippen LogP contribution in [0.25, 0.3) is 11.0 Å². The van der Waals surface area contributed by atoms with Gasteiger partial charge in [0.2, 0.25) is 5.78 Å². The van der Waals surface area contributed by atoms with Crippen LogP contribution >= 0.6 is 0 Å². The maximum absolute atomic E-state index is 13.0. The smallest absolute Gasteiger partial charge is 0.338 e. The number of carbonyl (C=O) groups is 2. The zero-order valence-electron chi connectivity index (χ0n) is 16.2. The number of hydrogen-bond acceptors (Lipinski definition) is 5. The quantitative estimate of drug-likeness (QED) is 0.359. The summed E-state index contributed by atoms with van der Waals surface area (Å²) in [5.74, 6) is -1.43. The first-order valence-electron chi connectivity index (χ1n) is 9.39. The number of halogens is 1. The van der Waals surface area contributed by atoms with E-state index in [0.29, 0.717) is 12.1 Å². The molecule has 4 rings (SSSR count). The van der Waals surface area contributed by atoms with E-state index >= 15 is 0 Å². The molecular formula is C23H18FN3O3. The van der Waals surface area contributed by atoms with Crippen LogP contribution in [0.5, 0.6) is 0 Å². The van der Waals surface area contributed by atoms with Gasteiger partial charge in [0.05, 0.1) is 17.6 Å². The molecule has 1 heterocycles. The fourth-order valence-electron chi connectivity index (χ4n) is 3.08. The number of ketones is 1. The number of aromatic nitrogens is 3. The molecule has 0 aliphatic heterocycles. The lowest BCUT2D eigenvalue weighted by atomic mass is 10.1. The van der Waals surface area contributed by atoms with Crippen molar-refractivity contribution in [2.24, 2.45) is 0 Å². The highest BCUT2D eigenvalue weighted by Gasteiger charge is 2.20. The number of carbonyl (C=O) groups excluding carboxylic acids is 2. The molecule has 0 spiro atoms. The number of fused-ring (bicyclic) bond motifs is 1. The van der Waals surface area contributed by atoms with Gasteiger partial charge in [0.25, 0.3) is 0 Å². The first-order chi connectivity index (χ1) is 14.5. The van der Waals surface area contributed by atoms with E-state index in [2.05, 4.69) is 10.3 Å². The Labute approximate surface area is 171 Å². The lowest BCUT2D eigenvalue weighted by molar-refractivity contribution is 0.0319. The van der Waals surface area contributed by atoms with Crippen LogP contribution in [0, 0.1) is 5.82 Å². The summed E-state index contributed by atoms with van der Waals surface area (Å²) >= 11 is 0. The maximum Gasteiger partial charge on any atom is 0.338 e. The molecule has 1 aromatic heterocycles. The minimum Gasteiger partial charge on any atom is -0.451 e. The summed E-state index contributed by atoms with van der Waals surface area (Å²) in [6, 6.07) is 19.7. The van der Waals surface area contributed by atoms with E-state index in [1.54, 1.807) is 28.9 Å². The summed E-state index contributed by atoms with van der Waals surface area (Å²) in [6.07, 6.45) is -0.982. The Bertz CT molecular complexity index is 1200. The second-order valence-electron chi connectivity index (χ2n) is 6.85. The molecule has 7 heteroatoms. The van der Waals surface area contributed by atoms with Gasteiger partial charge in [-0.15, -0.1) is 5.10 Å². The number of Topliss-reactive ketones (excluding diaryl/α,β-unsaturated/α-hetero) is 1. The van der Waals surface area contributed by atoms with Gasteiger partial charge in [-0.1, -0.05) is 29.5 Å². The van der Waals surface area contributed by atoms with E-state index in [9.17, 15) is 14.0 Å². The van der Waals surface area contributed by atoms with Crippen LogP contribution in [0.3, 0.4) is 0 Å². The van der Waals surface area contributed by atoms with Crippen molar-refractivity contribution >= 4 is 22.8 Å². The van der Waals surface area contributed by atoms with Gasteiger partial charge in [-0.25, -0.2) is 13.9 Å². The van der Waals surface area contributed by atoms with Crippen LogP contribution in [0.4, 0.5) is 4.39 Å². The van der Waals surface area contributed by atoms with Gasteiger partial charge >= 0.3 is 5.97 Å². The molecule has 150 valence electrons. The van der Waals surface area contributed by atoms with Gasteiger partial charge in [0, 0.05) is 5.56 Å². The van der Waals surface area contributed by atoms with Crippen molar-refractivity contribution in [2.75, 3.05) is 0 Å². The first kappa shape index (κ1) is 19.4. The number of ether oxygens (including phenoxy) is 1. The minimum absolute atomic E-state index is 0.284. The summed E-state index contributed by atoms with van der Waals surface area (Å²) in [6.45, 7) is 2.00. The second kappa shape index (κ2) is 8.24. The highest BCUT2D eigenvalue weighted by molar-refractivity contribution is 6.01. The predicted molar refractivity (Wildman–Crippen MR) is 109 cm³/mol. The molecule has 0 saturated carbocycles. The zero-order valence-corrected chi connectivity index (χ0v) is 16.2. The van der Waals surface area contributed by atoms with E-state index in [1.165, 1.54) is 31.2 Å². The largest absolute Gasteiger partial charge is 0.451 e. The van der Waals surface area contributed by atoms with E-state index < -0.39 is 23.7 Å². The van der Waals surface area contributed by atoms with Gasteiger partial charge in [-0.3, -0.25) is 4.79 Å². The number of para-hydroxylation sites is 1. The average Bonchev–Trinajstić information content (AvgIpc) is 3.17. The summed E-state index contributed by atoms with van der Waals surface area (Å²) < 4.78 is 20.1. The molecule has 0 bridgehead atoms. The summed E-state index contributed by atoms with van der Waals surface area (Å²) in [7, 11) is 0. The summed E-state index contributed by atoms with van der Waals surface area (Å²) in [4.78, 5) is 24.7. The number of hydrogen-bond donors (Lipinski definition) is 0. The molecule has 6 nitrogen and oxygen atoms in total. The van der Waals surface area contributed by atoms with E-state index in [0.717, 1.165) is 16.6 Å². The number of rotatable bonds is 6. The normalized spacial score (nSPS) is 11.9. The molecule has 0 aliphatic rings. The number of benzene rings is 3. The van der Waals surface area contributed by atoms with E-state index in [1.807, 2.05) is 24.3 Å². The van der Waals surface area contributed by atoms with Crippen molar-refractivity contribution in [3.05, 3.63) is 95.3 Å². The SMILES string of the molecule is C[C@H](OC(=O)c1ccc(Cn2nnc3ccccc32)cc1)C(=O)c1ccc(F)cc1. The molecule has 0 fully saturated rings. The molecule has 0 aliphatic carbocycles. The van der Waals surface area contributed by atoms with E-state index in [4.69, 9.17) is 4.74 Å².